The molecule has 4 nitrogen and oxygen atoms in total. The molecule has 2 heterocycles. The third-order valence-electron chi connectivity index (χ3n) is 5.39. The molecule has 128 valence electrons. The molecular weight excluding hydrogens is 324 g/mol. The fraction of sp³-hybridized carbons (Fsp3) is 0.182. The van der Waals surface area contributed by atoms with E-state index in [2.05, 4.69) is 9.97 Å². The quantitative estimate of drug-likeness (QED) is 0.452. The summed E-state index contributed by atoms with van der Waals surface area (Å²) in [6.45, 7) is 4.01. The second-order valence-corrected chi connectivity index (χ2v) is 7.27. The molecule has 2 N–H and O–H groups in total. The average molecular weight is 342 g/mol. The molecular formula is C22H18N2O2. The van der Waals surface area contributed by atoms with E-state index in [0.717, 1.165) is 44.7 Å². The zero-order chi connectivity index (χ0) is 18.0. The first-order chi connectivity index (χ1) is 12.5. The van der Waals surface area contributed by atoms with Crippen LogP contribution in [0.2, 0.25) is 0 Å². The van der Waals surface area contributed by atoms with Gasteiger partial charge < -0.3 is 9.97 Å². The predicted molar refractivity (Wildman–Crippen MR) is 104 cm³/mol. The molecule has 0 spiro atoms. The third kappa shape index (κ3) is 2.08. The van der Waals surface area contributed by atoms with Gasteiger partial charge in [-0.2, -0.15) is 0 Å². The summed E-state index contributed by atoms with van der Waals surface area (Å²) in [7, 11) is 0. The Labute approximate surface area is 149 Å². The van der Waals surface area contributed by atoms with E-state index in [0.29, 0.717) is 23.6 Å². The monoisotopic (exact) mass is 342 g/mol. The van der Waals surface area contributed by atoms with E-state index in [1.54, 1.807) is 0 Å². The van der Waals surface area contributed by atoms with Crippen molar-refractivity contribution in [3.8, 4) is 0 Å². The summed E-state index contributed by atoms with van der Waals surface area (Å²) in [5.74, 6) is 0. The highest BCUT2D eigenvalue weighted by molar-refractivity contribution is 5.82. The average Bonchev–Trinajstić information content (AvgIpc) is 2.61. The molecule has 0 saturated carbocycles. The first-order valence-corrected chi connectivity index (χ1v) is 8.80. The lowest BCUT2D eigenvalue weighted by atomic mass is 9.90. The molecule has 2 aromatic heterocycles. The molecule has 26 heavy (non-hydrogen) atoms. The highest BCUT2D eigenvalue weighted by Gasteiger charge is 2.23. The Bertz CT molecular complexity index is 1240. The lowest BCUT2D eigenvalue weighted by molar-refractivity contribution is 0.904. The summed E-state index contributed by atoms with van der Waals surface area (Å²) in [5.41, 5.74) is 7.24. The van der Waals surface area contributed by atoms with Crippen molar-refractivity contribution in [2.24, 2.45) is 0 Å². The van der Waals surface area contributed by atoms with E-state index >= 15 is 0 Å². The van der Waals surface area contributed by atoms with Crippen LogP contribution >= 0.6 is 0 Å². The number of aromatic nitrogens is 2. The molecule has 0 atom stereocenters. The maximum Gasteiger partial charge on any atom is 0.193 e. The molecule has 1 aliphatic rings. The largest absolute Gasteiger partial charge is 0.358 e. The Hall–Kier alpha value is -3.14. The molecule has 0 bridgehead atoms. The van der Waals surface area contributed by atoms with Crippen molar-refractivity contribution in [2.75, 3.05) is 0 Å². The van der Waals surface area contributed by atoms with Crippen molar-refractivity contribution in [3.05, 3.63) is 90.5 Å². The number of benzene rings is 2. The van der Waals surface area contributed by atoms with Crippen LogP contribution in [-0.4, -0.2) is 9.97 Å². The van der Waals surface area contributed by atoms with Crippen LogP contribution in [0.4, 0.5) is 0 Å². The number of hydrogen-bond acceptors (Lipinski definition) is 2. The smallest absolute Gasteiger partial charge is 0.193 e. The second kappa shape index (κ2) is 5.18. The number of pyridine rings is 2. The summed E-state index contributed by atoms with van der Waals surface area (Å²) < 4.78 is 0. The molecule has 2 aromatic carbocycles. The molecule has 0 radical (unpaired) electrons. The van der Waals surface area contributed by atoms with Crippen LogP contribution in [0.15, 0.2) is 46.0 Å². The summed E-state index contributed by atoms with van der Waals surface area (Å²) in [6, 6.07) is 11.6. The van der Waals surface area contributed by atoms with Gasteiger partial charge in [-0.3, -0.25) is 9.59 Å². The lowest BCUT2D eigenvalue weighted by Crippen LogP contribution is -2.25. The number of rotatable bonds is 0. The van der Waals surface area contributed by atoms with E-state index < -0.39 is 0 Å². The molecule has 0 unspecified atom stereocenters. The maximum atomic E-state index is 13.0. The summed E-state index contributed by atoms with van der Waals surface area (Å²) >= 11 is 0. The van der Waals surface area contributed by atoms with E-state index in [4.69, 9.17) is 0 Å². The zero-order valence-electron chi connectivity index (χ0n) is 14.7. The van der Waals surface area contributed by atoms with E-state index in [-0.39, 0.29) is 10.9 Å². The maximum absolute atomic E-state index is 13.0. The van der Waals surface area contributed by atoms with E-state index in [9.17, 15) is 9.59 Å². The van der Waals surface area contributed by atoms with Gasteiger partial charge in [-0.1, -0.05) is 12.1 Å². The third-order valence-corrected chi connectivity index (χ3v) is 5.39. The van der Waals surface area contributed by atoms with Crippen LogP contribution in [0.5, 0.6) is 0 Å². The van der Waals surface area contributed by atoms with Gasteiger partial charge in [-0.05, 0) is 49.2 Å². The predicted octanol–water partition coefficient (Wildman–Crippen LogP) is 3.48. The number of H-pyrrole nitrogens is 2. The van der Waals surface area contributed by atoms with Crippen molar-refractivity contribution in [1.82, 2.24) is 9.97 Å². The van der Waals surface area contributed by atoms with Crippen molar-refractivity contribution in [1.29, 1.82) is 0 Å². The lowest BCUT2D eigenvalue weighted by Gasteiger charge is -2.20. The highest BCUT2D eigenvalue weighted by atomic mass is 16.1. The zero-order valence-corrected chi connectivity index (χ0v) is 14.7. The Balaban J connectivity index is 1.79. The summed E-state index contributed by atoms with van der Waals surface area (Å²) in [6.07, 6.45) is 0.922. The van der Waals surface area contributed by atoms with Crippen molar-refractivity contribution in [2.45, 2.75) is 26.7 Å². The van der Waals surface area contributed by atoms with Gasteiger partial charge in [-0.25, -0.2) is 0 Å². The van der Waals surface area contributed by atoms with E-state index in [1.807, 2.05) is 50.2 Å². The van der Waals surface area contributed by atoms with Crippen LogP contribution in [-0.2, 0) is 12.8 Å². The van der Waals surface area contributed by atoms with Crippen molar-refractivity contribution in [3.63, 3.8) is 0 Å². The van der Waals surface area contributed by atoms with Gasteiger partial charge in [-0.15, -0.1) is 0 Å². The molecule has 4 heteroatoms. The molecule has 0 saturated heterocycles. The van der Waals surface area contributed by atoms with Gasteiger partial charge in [0.1, 0.15) is 0 Å². The number of aryl methyl sites for hydroxylation is 2. The second-order valence-electron chi connectivity index (χ2n) is 7.27. The van der Waals surface area contributed by atoms with Crippen LogP contribution in [0.3, 0.4) is 0 Å². The number of aromatic amines is 2. The summed E-state index contributed by atoms with van der Waals surface area (Å²) in [4.78, 5) is 32.8. The number of hydrogen-bond donors (Lipinski definition) is 2. The van der Waals surface area contributed by atoms with Crippen molar-refractivity contribution >= 4 is 21.8 Å². The molecule has 5 rings (SSSR count). The standard InChI is InChI=1S/C22H18N2O2/c1-11-3-5-13-17(7-11)23-19-9-16-20(10-15(19)21(13)25)24-18-8-12(2)4-6-14(18)22(16)26/h3-8H,9-10H2,1-2H3,(H,23,25)(H,24,26). The van der Waals surface area contributed by atoms with Gasteiger partial charge in [0, 0.05) is 57.2 Å². The minimum atomic E-state index is 0.0598. The van der Waals surface area contributed by atoms with Crippen LogP contribution in [0.1, 0.15) is 33.6 Å². The fourth-order valence-electron chi connectivity index (χ4n) is 4.02. The minimum absolute atomic E-state index is 0.0598. The molecule has 0 fully saturated rings. The minimum Gasteiger partial charge on any atom is -0.358 e. The first kappa shape index (κ1) is 15.1. The Kier molecular flexibility index (Phi) is 3.02. The van der Waals surface area contributed by atoms with Crippen molar-refractivity contribution < 1.29 is 0 Å². The van der Waals surface area contributed by atoms with Crippen LogP contribution < -0.4 is 10.9 Å². The number of nitrogens with one attached hydrogen (secondary N) is 2. The normalized spacial score (nSPS) is 13.0. The number of fused-ring (bicyclic) bond motifs is 4. The van der Waals surface area contributed by atoms with Gasteiger partial charge in [0.15, 0.2) is 10.9 Å². The SMILES string of the molecule is Cc1ccc2c(=O)c3c([nH]c2c1)Cc1c([nH]c2cc(C)ccc2c1=O)C3. The van der Waals surface area contributed by atoms with Crippen LogP contribution in [0.25, 0.3) is 21.8 Å². The van der Waals surface area contributed by atoms with Gasteiger partial charge >= 0.3 is 0 Å². The fourth-order valence-corrected chi connectivity index (χ4v) is 4.02. The molecule has 0 aliphatic heterocycles. The highest BCUT2D eigenvalue weighted by Crippen LogP contribution is 2.25. The van der Waals surface area contributed by atoms with Crippen LogP contribution in [0, 0.1) is 13.8 Å². The van der Waals surface area contributed by atoms with Gasteiger partial charge in [0.2, 0.25) is 0 Å². The molecule has 1 aliphatic carbocycles. The van der Waals surface area contributed by atoms with Gasteiger partial charge in [0.25, 0.3) is 0 Å². The Morgan fingerprint density at radius 3 is 1.54 bits per heavy atom. The topological polar surface area (TPSA) is 65.7 Å². The van der Waals surface area contributed by atoms with E-state index in [1.165, 1.54) is 0 Å². The molecule has 4 aromatic rings. The Morgan fingerprint density at radius 1 is 0.692 bits per heavy atom. The molecule has 0 amide bonds. The van der Waals surface area contributed by atoms with Gasteiger partial charge in [0.05, 0.1) is 0 Å². The first-order valence-electron chi connectivity index (χ1n) is 8.80. The summed E-state index contributed by atoms with van der Waals surface area (Å²) in [5, 5.41) is 1.41. The Morgan fingerprint density at radius 2 is 1.12 bits per heavy atom.